The van der Waals surface area contributed by atoms with Gasteiger partial charge in [-0.15, -0.1) is 16.4 Å². The van der Waals surface area contributed by atoms with Crippen LogP contribution in [0.3, 0.4) is 0 Å². The summed E-state index contributed by atoms with van der Waals surface area (Å²) in [7, 11) is 0. The van der Waals surface area contributed by atoms with Crippen molar-refractivity contribution in [3.05, 3.63) is 58.0 Å². The van der Waals surface area contributed by atoms with Crippen molar-refractivity contribution in [1.82, 2.24) is 4.90 Å². The predicted octanol–water partition coefficient (Wildman–Crippen LogP) is 4.52. The average Bonchev–Trinajstić information content (AvgIpc) is 3.21. The first kappa shape index (κ1) is 17.8. The van der Waals surface area contributed by atoms with E-state index in [0.29, 0.717) is 11.7 Å². The van der Waals surface area contributed by atoms with Crippen LogP contribution >= 0.6 is 23.1 Å². The van der Waals surface area contributed by atoms with Crippen molar-refractivity contribution in [1.29, 1.82) is 0 Å². The molecule has 0 spiro atoms. The molecule has 1 saturated heterocycles. The van der Waals surface area contributed by atoms with E-state index in [-0.39, 0.29) is 17.0 Å². The molecule has 130 valence electrons. The third-order valence-electron chi connectivity index (χ3n) is 3.70. The zero-order valence-corrected chi connectivity index (χ0v) is 15.4. The summed E-state index contributed by atoms with van der Waals surface area (Å²) < 4.78 is 13.1. The summed E-state index contributed by atoms with van der Waals surface area (Å²) >= 11 is 3.03. The molecular formula is C18H18FN3OS2. The minimum absolute atomic E-state index is 0.0428. The number of rotatable bonds is 6. The highest BCUT2D eigenvalue weighted by Gasteiger charge is 2.37. The van der Waals surface area contributed by atoms with Crippen LogP contribution in [0.4, 0.5) is 4.39 Å². The molecule has 4 nitrogen and oxygen atoms in total. The van der Waals surface area contributed by atoms with Gasteiger partial charge in [-0.3, -0.25) is 9.69 Å². The van der Waals surface area contributed by atoms with Gasteiger partial charge in [0.05, 0.1) is 18.0 Å². The van der Waals surface area contributed by atoms with Gasteiger partial charge in [0.25, 0.3) is 0 Å². The van der Waals surface area contributed by atoms with Crippen molar-refractivity contribution in [2.75, 3.05) is 0 Å². The van der Waals surface area contributed by atoms with Crippen molar-refractivity contribution in [3.8, 4) is 0 Å². The molecule has 1 aliphatic heterocycles. The Hall–Kier alpha value is -1.99. The number of amidine groups is 1. The smallest absolute Gasteiger partial charge is 0.242 e. The van der Waals surface area contributed by atoms with Crippen LogP contribution in [-0.2, 0) is 11.3 Å². The maximum atomic E-state index is 13.1. The molecule has 0 radical (unpaired) electrons. The van der Waals surface area contributed by atoms with Gasteiger partial charge in [0.15, 0.2) is 5.17 Å². The Morgan fingerprint density at radius 1 is 1.28 bits per heavy atom. The standard InChI is InChI=1S/C18H18FN3OS2/c1-2-4-16-17(23)22(12-13-6-8-14(19)9-7-13)18(25-16)21-20-11-15-5-3-10-24-15/h3,5-11,16H,2,4,12H2,1H3/b20-11+,21-18+. The first-order valence-corrected chi connectivity index (χ1v) is 9.80. The number of hydrogen-bond acceptors (Lipinski definition) is 5. The van der Waals surface area contributed by atoms with E-state index in [0.717, 1.165) is 23.3 Å². The first-order chi connectivity index (χ1) is 12.2. The van der Waals surface area contributed by atoms with E-state index in [1.807, 2.05) is 17.5 Å². The second-order valence-corrected chi connectivity index (χ2v) is 7.74. The van der Waals surface area contributed by atoms with Gasteiger partial charge in [0.2, 0.25) is 5.91 Å². The minimum atomic E-state index is -0.288. The first-order valence-electron chi connectivity index (χ1n) is 8.04. The molecule has 1 unspecified atom stereocenters. The largest absolute Gasteiger partial charge is 0.284 e. The van der Waals surface area contributed by atoms with E-state index in [1.165, 1.54) is 23.9 Å². The van der Waals surface area contributed by atoms with Crippen LogP contribution in [0.25, 0.3) is 0 Å². The number of benzene rings is 1. The molecule has 2 aromatic rings. The maximum absolute atomic E-state index is 13.1. The fraction of sp³-hybridized carbons (Fsp3) is 0.278. The molecule has 1 amide bonds. The normalized spacial score (nSPS) is 19.4. The van der Waals surface area contributed by atoms with Crippen LogP contribution in [-0.4, -0.2) is 27.4 Å². The van der Waals surface area contributed by atoms with Crippen molar-refractivity contribution >= 4 is 40.4 Å². The zero-order valence-electron chi connectivity index (χ0n) is 13.8. The fourth-order valence-corrected chi connectivity index (χ4v) is 4.24. The summed E-state index contributed by atoms with van der Waals surface area (Å²) in [6.45, 7) is 2.43. The van der Waals surface area contributed by atoms with Gasteiger partial charge in [-0.2, -0.15) is 5.10 Å². The maximum Gasteiger partial charge on any atom is 0.242 e. The average molecular weight is 375 g/mol. The second-order valence-electron chi connectivity index (χ2n) is 5.59. The third-order valence-corrected chi connectivity index (χ3v) is 5.74. The Bertz CT molecular complexity index is 772. The SMILES string of the molecule is CCCC1S/C(=N/N=C/c2cccs2)N(Cc2ccc(F)cc2)C1=O. The van der Waals surface area contributed by atoms with Crippen molar-refractivity contribution < 1.29 is 9.18 Å². The number of hydrogen-bond donors (Lipinski definition) is 0. The van der Waals surface area contributed by atoms with Crippen LogP contribution < -0.4 is 0 Å². The Balaban J connectivity index is 1.79. The molecule has 0 N–H and O–H groups in total. The van der Waals surface area contributed by atoms with Crippen LogP contribution in [0.1, 0.15) is 30.2 Å². The number of nitrogens with zero attached hydrogens (tertiary/aromatic N) is 3. The summed E-state index contributed by atoms with van der Waals surface area (Å²) in [4.78, 5) is 15.3. The predicted molar refractivity (Wildman–Crippen MR) is 103 cm³/mol. The molecule has 1 aromatic heterocycles. The summed E-state index contributed by atoms with van der Waals surface area (Å²) in [5, 5.41) is 10.8. The van der Waals surface area contributed by atoms with E-state index in [1.54, 1.807) is 34.6 Å². The lowest BCUT2D eigenvalue weighted by Gasteiger charge is -2.15. The monoisotopic (exact) mass is 375 g/mol. The van der Waals surface area contributed by atoms with Gasteiger partial charge < -0.3 is 0 Å². The molecule has 1 aromatic carbocycles. The zero-order chi connectivity index (χ0) is 17.6. The van der Waals surface area contributed by atoms with E-state index in [4.69, 9.17) is 0 Å². The van der Waals surface area contributed by atoms with Gasteiger partial charge in [0.1, 0.15) is 5.82 Å². The summed E-state index contributed by atoms with van der Waals surface area (Å²) in [5.74, 6) is -0.245. The van der Waals surface area contributed by atoms with Gasteiger partial charge in [-0.05, 0) is 35.6 Å². The van der Waals surface area contributed by atoms with Crippen molar-refractivity contribution in [2.45, 2.75) is 31.6 Å². The van der Waals surface area contributed by atoms with Crippen LogP contribution in [0.5, 0.6) is 0 Å². The van der Waals surface area contributed by atoms with Gasteiger partial charge in [-0.25, -0.2) is 4.39 Å². The molecule has 2 heterocycles. The van der Waals surface area contributed by atoms with Crippen LogP contribution in [0.15, 0.2) is 52.0 Å². The van der Waals surface area contributed by atoms with Gasteiger partial charge in [0, 0.05) is 4.88 Å². The van der Waals surface area contributed by atoms with E-state index < -0.39 is 0 Å². The third kappa shape index (κ3) is 4.55. The molecule has 0 bridgehead atoms. The number of halogens is 1. The summed E-state index contributed by atoms with van der Waals surface area (Å²) in [5.41, 5.74) is 0.863. The quantitative estimate of drug-likeness (QED) is 0.550. The number of carbonyl (C=O) groups excluding carboxylic acids is 1. The van der Waals surface area contributed by atoms with Crippen LogP contribution in [0, 0.1) is 5.82 Å². The number of thiophene rings is 1. The van der Waals surface area contributed by atoms with Crippen molar-refractivity contribution in [2.24, 2.45) is 10.2 Å². The lowest BCUT2D eigenvalue weighted by atomic mass is 10.2. The van der Waals surface area contributed by atoms with E-state index >= 15 is 0 Å². The molecule has 1 aliphatic rings. The minimum Gasteiger partial charge on any atom is -0.284 e. The highest BCUT2D eigenvalue weighted by molar-refractivity contribution is 8.15. The second kappa shape index (κ2) is 8.40. The number of amides is 1. The molecule has 7 heteroatoms. The molecular weight excluding hydrogens is 357 g/mol. The van der Waals surface area contributed by atoms with E-state index in [9.17, 15) is 9.18 Å². The van der Waals surface area contributed by atoms with Gasteiger partial charge >= 0.3 is 0 Å². The molecule has 1 fully saturated rings. The summed E-state index contributed by atoms with van der Waals surface area (Å²) in [6.07, 6.45) is 3.42. The van der Waals surface area contributed by atoms with Crippen LogP contribution in [0.2, 0.25) is 0 Å². The molecule has 0 saturated carbocycles. The molecule has 3 rings (SSSR count). The Kier molecular flexibility index (Phi) is 5.99. The highest BCUT2D eigenvalue weighted by Crippen LogP contribution is 2.31. The lowest BCUT2D eigenvalue weighted by Crippen LogP contribution is -2.31. The highest BCUT2D eigenvalue weighted by atomic mass is 32.2. The van der Waals surface area contributed by atoms with Gasteiger partial charge in [-0.1, -0.05) is 43.3 Å². The topological polar surface area (TPSA) is 45.0 Å². The molecule has 0 aliphatic carbocycles. The fourth-order valence-electron chi connectivity index (χ4n) is 2.45. The van der Waals surface area contributed by atoms with E-state index in [2.05, 4.69) is 17.1 Å². The number of carbonyl (C=O) groups is 1. The Morgan fingerprint density at radius 3 is 2.76 bits per heavy atom. The molecule has 1 atom stereocenters. The lowest BCUT2D eigenvalue weighted by molar-refractivity contribution is -0.126. The Morgan fingerprint density at radius 2 is 2.08 bits per heavy atom. The Labute approximate surface area is 154 Å². The molecule has 25 heavy (non-hydrogen) atoms. The number of thioether (sulfide) groups is 1. The summed E-state index contributed by atoms with van der Waals surface area (Å²) in [6, 6.07) is 10.1. The van der Waals surface area contributed by atoms with Crippen molar-refractivity contribution in [3.63, 3.8) is 0 Å².